The van der Waals surface area contributed by atoms with E-state index in [9.17, 15) is 14.9 Å². The predicted molar refractivity (Wildman–Crippen MR) is 79.4 cm³/mol. The first-order valence-electron chi connectivity index (χ1n) is 6.95. The quantitative estimate of drug-likeness (QED) is 0.682. The van der Waals surface area contributed by atoms with E-state index in [2.05, 4.69) is 24.1 Å². The minimum atomic E-state index is -0.562. The topological polar surface area (TPSA) is 88.4 Å². The zero-order valence-corrected chi connectivity index (χ0v) is 12.5. The van der Waals surface area contributed by atoms with Gasteiger partial charge in [0.1, 0.15) is 17.6 Å². The maximum Gasteiger partial charge on any atom is 0.300 e. The van der Waals surface area contributed by atoms with Gasteiger partial charge in [-0.15, -0.1) is 0 Å². The molecule has 1 amide bonds. The predicted octanol–water partition coefficient (Wildman–Crippen LogP) is 2.29. The van der Waals surface area contributed by atoms with Gasteiger partial charge in [-0.05, 0) is 18.3 Å². The molecule has 0 radical (unpaired) electrons. The summed E-state index contributed by atoms with van der Waals surface area (Å²) in [6.45, 7) is 5.59. The summed E-state index contributed by atoms with van der Waals surface area (Å²) in [4.78, 5) is 28.7. The molecule has 1 N–H and O–H groups in total. The van der Waals surface area contributed by atoms with Gasteiger partial charge in [-0.1, -0.05) is 13.8 Å². The van der Waals surface area contributed by atoms with E-state index >= 15 is 0 Å². The molecule has 0 atom stereocenters. The smallest absolute Gasteiger partial charge is 0.300 e. The van der Waals surface area contributed by atoms with Crippen molar-refractivity contribution in [2.45, 2.75) is 26.7 Å². The van der Waals surface area contributed by atoms with Crippen molar-refractivity contribution in [2.24, 2.45) is 5.41 Å². The second kappa shape index (κ2) is 5.67. The van der Waals surface area contributed by atoms with Crippen molar-refractivity contribution in [1.82, 2.24) is 9.88 Å². The van der Waals surface area contributed by atoms with Crippen LogP contribution in [-0.4, -0.2) is 40.9 Å². The first-order chi connectivity index (χ1) is 9.84. The summed E-state index contributed by atoms with van der Waals surface area (Å²) in [6, 6.07) is 1.44. The van der Waals surface area contributed by atoms with Gasteiger partial charge in [0.25, 0.3) is 11.6 Å². The van der Waals surface area contributed by atoms with Crippen molar-refractivity contribution in [3.63, 3.8) is 0 Å². The van der Waals surface area contributed by atoms with Gasteiger partial charge >= 0.3 is 0 Å². The Kier molecular flexibility index (Phi) is 4.11. The summed E-state index contributed by atoms with van der Waals surface area (Å²) in [7, 11) is 1.66. The number of aromatic nitrogens is 1. The standard InChI is InChI=1S/C14H20N4O3/c1-14(2)4-6-17(7-5-14)13(19)10-8-12(15-3)16-9-11(10)18(20)21/h8-9H,4-7H2,1-3H3,(H,15,16). The third-order valence-electron chi connectivity index (χ3n) is 3.97. The van der Waals surface area contributed by atoms with Crippen LogP contribution in [0.1, 0.15) is 37.0 Å². The molecule has 0 spiro atoms. The SMILES string of the molecule is CNc1cc(C(=O)N2CCC(C)(C)CC2)c([N+](=O)[O-])cn1. The van der Waals surface area contributed by atoms with Gasteiger partial charge in [-0.2, -0.15) is 0 Å². The second-order valence-electron chi connectivity index (χ2n) is 6.05. The van der Waals surface area contributed by atoms with Gasteiger partial charge in [0.15, 0.2) is 0 Å². The molecule has 1 aliphatic heterocycles. The van der Waals surface area contributed by atoms with E-state index < -0.39 is 4.92 Å². The fraction of sp³-hybridized carbons (Fsp3) is 0.571. The van der Waals surface area contributed by atoms with Crippen molar-refractivity contribution >= 4 is 17.4 Å². The Morgan fingerprint density at radius 2 is 2.05 bits per heavy atom. The Bertz CT molecular complexity index is 561. The highest BCUT2D eigenvalue weighted by Gasteiger charge is 2.31. The van der Waals surface area contributed by atoms with Crippen LogP contribution in [0.2, 0.25) is 0 Å². The van der Waals surface area contributed by atoms with Crippen LogP contribution in [0, 0.1) is 15.5 Å². The number of nitro groups is 1. The lowest BCUT2D eigenvalue weighted by atomic mass is 9.82. The van der Waals surface area contributed by atoms with Gasteiger partial charge in [0, 0.05) is 26.2 Å². The molecule has 1 aromatic rings. The van der Waals surface area contributed by atoms with E-state index in [1.54, 1.807) is 11.9 Å². The van der Waals surface area contributed by atoms with Crippen molar-refractivity contribution in [3.8, 4) is 0 Å². The van der Waals surface area contributed by atoms with Gasteiger partial charge in [-0.25, -0.2) is 4.98 Å². The fourth-order valence-corrected chi connectivity index (χ4v) is 2.39. The van der Waals surface area contributed by atoms with Gasteiger partial charge in [-0.3, -0.25) is 14.9 Å². The maximum atomic E-state index is 12.6. The van der Waals surface area contributed by atoms with Gasteiger partial charge < -0.3 is 10.2 Å². The number of likely N-dealkylation sites (tertiary alicyclic amines) is 1. The van der Waals surface area contributed by atoms with E-state index in [4.69, 9.17) is 0 Å². The monoisotopic (exact) mass is 292 g/mol. The Hall–Kier alpha value is -2.18. The molecule has 2 heterocycles. The summed E-state index contributed by atoms with van der Waals surface area (Å²) in [5.41, 5.74) is 0.0692. The molecule has 0 aromatic carbocycles. The number of piperidine rings is 1. The van der Waals surface area contributed by atoms with E-state index in [1.165, 1.54) is 6.07 Å². The molecule has 1 aliphatic rings. The van der Waals surface area contributed by atoms with Crippen LogP contribution in [0.25, 0.3) is 0 Å². The molecule has 2 rings (SSSR count). The van der Waals surface area contributed by atoms with E-state index in [0.29, 0.717) is 18.9 Å². The Morgan fingerprint density at radius 1 is 1.43 bits per heavy atom. The molecule has 1 saturated heterocycles. The Morgan fingerprint density at radius 3 is 2.57 bits per heavy atom. The van der Waals surface area contributed by atoms with Crippen molar-refractivity contribution < 1.29 is 9.72 Å². The zero-order chi connectivity index (χ0) is 15.6. The summed E-state index contributed by atoms with van der Waals surface area (Å²) < 4.78 is 0. The molecule has 7 heteroatoms. The summed E-state index contributed by atoms with van der Waals surface area (Å²) in [5, 5.41) is 13.9. The van der Waals surface area contributed by atoms with Crippen molar-refractivity contribution in [3.05, 3.63) is 27.9 Å². The third-order valence-corrected chi connectivity index (χ3v) is 3.97. The molecular weight excluding hydrogens is 272 g/mol. The van der Waals surface area contributed by atoms with Crippen LogP contribution in [0.15, 0.2) is 12.3 Å². The molecule has 1 aromatic heterocycles. The molecule has 114 valence electrons. The highest BCUT2D eigenvalue weighted by molar-refractivity contribution is 5.98. The molecule has 0 unspecified atom stereocenters. The van der Waals surface area contributed by atoms with Crippen molar-refractivity contribution in [1.29, 1.82) is 0 Å². The van der Waals surface area contributed by atoms with Crippen LogP contribution in [0.4, 0.5) is 11.5 Å². The van der Waals surface area contributed by atoms with Crippen molar-refractivity contribution in [2.75, 3.05) is 25.5 Å². The summed E-state index contributed by atoms with van der Waals surface area (Å²) in [5.74, 6) is 0.150. The highest BCUT2D eigenvalue weighted by Crippen LogP contribution is 2.31. The number of nitrogens with zero attached hydrogens (tertiary/aromatic N) is 3. The van der Waals surface area contributed by atoms with Crippen LogP contribution in [0.3, 0.4) is 0 Å². The lowest BCUT2D eigenvalue weighted by Crippen LogP contribution is -2.41. The first kappa shape index (κ1) is 15.2. The highest BCUT2D eigenvalue weighted by atomic mass is 16.6. The zero-order valence-electron chi connectivity index (χ0n) is 12.5. The van der Waals surface area contributed by atoms with Crippen LogP contribution in [0.5, 0.6) is 0 Å². The van der Waals surface area contributed by atoms with Crippen LogP contribution >= 0.6 is 0 Å². The van der Waals surface area contributed by atoms with Gasteiger partial charge in [0.05, 0.1) is 4.92 Å². The molecule has 0 saturated carbocycles. The number of carbonyl (C=O) groups is 1. The second-order valence-corrected chi connectivity index (χ2v) is 6.05. The Labute approximate surface area is 123 Å². The molecule has 7 nitrogen and oxygen atoms in total. The lowest BCUT2D eigenvalue weighted by molar-refractivity contribution is -0.385. The third kappa shape index (κ3) is 3.29. The average Bonchev–Trinajstić information content (AvgIpc) is 2.45. The van der Waals surface area contributed by atoms with Crippen LogP contribution in [-0.2, 0) is 0 Å². The molecule has 1 fully saturated rings. The number of hydrogen-bond donors (Lipinski definition) is 1. The molecule has 0 bridgehead atoms. The number of rotatable bonds is 3. The minimum absolute atomic E-state index is 0.0963. The molecular formula is C14H20N4O3. The Balaban J connectivity index is 2.28. The normalized spacial score (nSPS) is 17.4. The molecule has 0 aliphatic carbocycles. The average molecular weight is 292 g/mol. The first-order valence-corrected chi connectivity index (χ1v) is 6.95. The largest absolute Gasteiger partial charge is 0.373 e. The van der Waals surface area contributed by atoms with E-state index in [0.717, 1.165) is 19.0 Å². The van der Waals surface area contributed by atoms with Gasteiger partial charge in [0.2, 0.25) is 0 Å². The van der Waals surface area contributed by atoms with Crippen LogP contribution < -0.4 is 5.32 Å². The number of hydrogen-bond acceptors (Lipinski definition) is 5. The summed E-state index contributed by atoms with van der Waals surface area (Å²) in [6.07, 6.45) is 2.93. The lowest BCUT2D eigenvalue weighted by Gasteiger charge is -2.36. The number of anilines is 1. The number of carbonyl (C=O) groups excluding carboxylic acids is 1. The molecule has 21 heavy (non-hydrogen) atoms. The minimum Gasteiger partial charge on any atom is -0.373 e. The fourth-order valence-electron chi connectivity index (χ4n) is 2.39. The summed E-state index contributed by atoms with van der Waals surface area (Å²) >= 11 is 0. The number of nitrogens with one attached hydrogen (secondary N) is 1. The maximum absolute atomic E-state index is 12.6. The number of amides is 1. The van der Waals surface area contributed by atoms with E-state index in [-0.39, 0.29) is 22.6 Å². The van der Waals surface area contributed by atoms with E-state index in [1.807, 2.05) is 0 Å². The number of pyridine rings is 1.